The average molecular weight is 306 g/mol. The molecule has 2 rings (SSSR count). The van der Waals surface area contributed by atoms with Gasteiger partial charge in [0.05, 0.1) is 21.7 Å². The summed E-state index contributed by atoms with van der Waals surface area (Å²) in [5.41, 5.74) is 3.48. The van der Waals surface area contributed by atoms with Gasteiger partial charge in [0.2, 0.25) is 0 Å². The number of hydrogen-bond donors (Lipinski definition) is 0. The van der Waals surface area contributed by atoms with E-state index in [0.717, 1.165) is 22.4 Å². The van der Waals surface area contributed by atoms with E-state index >= 15 is 0 Å². The lowest BCUT2D eigenvalue weighted by atomic mass is 10.1. The van der Waals surface area contributed by atoms with Crippen LogP contribution < -0.4 is 4.74 Å². The van der Waals surface area contributed by atoms with E-state index in [1.165, 1.54) is 0 Å². The molecule has 0 N–H and O–H groups in total. The number of nitrogens with zero attached hydrogens (tertiary/aromatic N) is 1. The molecule has 0 fully saturated rings. The Labute approximate surface area is 128 Å². The predicted molar refractivity (Wildman–Crippen MR) is 81.4 cm³/mol. The average Bonchev–Trinajstić information content (AvgIpc) is 2.41. The smallest absolute Gasteiger partial charge is 0.125 e. The van der Waals surface area contributed by atoms with Crippen LogP contribution in [0.5, 0.6) is 5.75 Å². The summed E-state index contributed by atoms with van der Waals surface area (Å²) < 4.78 is 5.84. The summed E-state index contributed by atoms with van der Waals surface area (Å²) in [5, 5.41) is 9.97. The molecule has 2 aromatic rings. The monoisotopic (exact) mass is 305 g/mol. The predicted octanol–water partition coefficient (Wildman–Crippen LogP) is 5.06. The van der Waals surface area contributed by atoms with Crippen molar-refractivity contribution in [1.29, 1.82) is 5.26 Å². The highest BCUT2D eigenvalue weighted by Gasteiger charge is 2.07. The number of rotatable bonds is 3. The molecule has 0 aromatic heterocycles. The van der Waals surface area contributed by atoms with Crippen LogP contribution in [-0.2, 0) is 6.61 Å². The van der Waals surface area contributed by atoms with E-state index < -0.39 is 0 Å². The molecule has 0 bridgehead atoms. The maximum absolute atomic E-state index is 8.92. The molecular formula is C16H13Cl2NO. The van der Waals surface area contributed by atoms with Gasteiger partial charge in [-0.3, -0.25) is 0 Å². The molecular weight excluding hydrogens is 293 g/mol. The quantitative estimate of drug-likeness (QED) is 0.794. The number of aryl methyl sites for hydroxylation is 2. The fourth-order valence-electron chi connectivity index (χ4n) is 2.03. The first-order valence-corrected chi connectivity index (χ1v) is 6.85. The maximum Gasteiger partial charge on any atom is 0.125 e. The fourth-order valence-corrected chi connectivity index (χ4v) is 2.35. The van der Waals surface area contributed by atoms with Crippen molar-refractivity contribution in [3.05, 3.63) is 62.6 Å². The van der Waals surface area contributed by atoms with E-state index in [2.05, 4.69) is 6.07 Å². The minimum absolute atomic E-state index is 0.407. The van der Waals surface area contributed by atoms with Gasteiger partial charge >= 0.3 is 0 Å². The van der Waals surface area contributed by atoms with Crippen molar-refractivity contribution in [3.63, 3.8) is 0 Å². The van der Waals surface area contributed by atoms with E-state index in [9.17, 15) is 0 Å². The van der Waals surface area contributed by atoms with E-state index in [-0.39, 0.29) is 0 Å². The van der Waals surface area contributed by atoms with Gasteiger partial charge in [-0.2, -0.15) is 5.26 Å². The zero-order valence-corrected chi connectivity index (χ0v) is 12.7. The van der Waals surface area contributed by atoms with E-state index in [1.807, 2.05) is 32.0 Å². The van der Waals surface area contributed by atoms with Gasteiger partial charge in [-0.05, 0) is 54.8 Å². The van der Waals surface area contributed by atoms with Gasteiger partial charge in [0.15, 0.2) is 0 Å². The van der Waals surface area contributed by atoms with Gasteiger partial charge in [0.25, 0.3) is 0 Å². The fraction of sp³-hybridized carbons (Fsp3) is 0.188. The van der Waals surface area contributed by atoms with Crippen molar-refractivity contribution in [2.45, 2.75) is 20.5 Å². The van der Waals surface area contributed by atoms with Crippen LogP contribution in [-0.4, -0.2) is 0 Å². The third kappa shape index (κ3) is 3.25. The Morgan fingerprint density at radius 2 is 1.70 bits per heavy atom. The normalized spacial score (nSPS) is 10.2. The molecule has 0 amide bonds. The van der Waals surface area contributed by atoms with Crippen molar-refractivity contribution < 1.29 is 4.74 Å². The van der Waals surface area contributed by atoms with Crippen molar-refractivity contribution in [3.8, 4) is 11.8 Å². The Kier molecular flexibility index (Phi) is 4.54. The number of ether oxygens (including phenoxy) is 1. The highest BCUT2D eigenvalue weighted by Crippen LogP contribution is 2.27. The SMILES string of the molecule is Cc1cc(C#N)cc(C)c1OCc1ccc(Cl)c(Cl)c1. The second-order valence-electron chi connectivity index (χ2n) is 4.59. The summed E-state index contributed by atoms with van der Waals surface area (Å²) in [5.74, 6) is 0.801. The zero-order chi connectivity index (χ0) is 14.7. The first-order chi connectivity index (χ1) is 9.51. The summed E-state index contributed by atoms with van der Waals surface area (Å²) in [6, 6.07) is 11.2. The van der Waals surface area contributed by atoms with Gasteiger partial charge in [-0.15, -0.1) is 0 Å². The molecule has 20 heavy (non-hydrogen) atoms. The van der Waals surface area contributed by atoms with E-state index in [0.29, 0.717) is 22.2 Å². The van der Waals surface area contributed by atoms with Crippen LogP contribution in [0.1, 0.15) is 22.3 Å². The Hall–Kier alpha value is -1.69. The lowest BCUT2D eigenvalue weighted by Gasteiger charge is -2.13. The molecule has 0 saturated heterocycles. The summed E-state index contributed by atoms with van der Waals surface area (Å²) in [7, 11) is 0. The summed E-state index contributed by atoms with van der Waals surface area (Å²) in [4.78, 5) is 0. The molecule has 0 saturated carbocycles. The molecule has 102 valence electrons. The van der Waals surface area contributed by atoms with E-state index in [1.54, 1.807) is 12.1 Å². The Morgan fingerprint density at radius 1 is 1.05 bits per heavy atom. The lowest BCUT2D eigenvalue weighted by molar-refractivity contribution is 0.302. The van der Waals surface area contributed by atoms with Crippen LogP contribution in [0.25, 0.3) is 0 Å². The highest BCUT2D eigenvalue weighted by molar-refractivity contribution is 6.42. The van der Waals surface area contributed by atoms with Crippen molar-refractivity contribution in [2.75, 3.05) is 0 Å². The number of hydrogen-bond acceptors (Lipinski definition) is 2. The standard InChI is InChI=1S/C16H13Cl2NO/c1-10-5-13(8-19)6-11(2)16(10)20-9-12-3-4-14(17)15(18)7-12/h3-7H,9H2,1-2H3. The largest absolute Gasteiger partial charge is 0.488 e. The summed E-state index contributed by atoms with van der Waals surface area (Å²) in [6.45, 7) is 4.26. The lowest BCUT2D eigenvalue weighted by Crippen LogP contribution is -1.99. The molecule has 2 aromatic carbocycles. The van der Waals surface area contributed by atoms with Crippen LogP contribution in [0.15, 0.2) is 30.3 Å². The second kappa shape index (κ2) is 6.17. The molecule has 4 heteroatoms. The third-order valence-corrected chi connectivity index (χ3v) is 3.70. The highest BCUT2D eigenvalue weighted by atomic mass is 35.5. The minimum Gasteiger partial charge on any atom is -0.488 e. The number of halogens is 2. The number of nitriles is 1. The minimum atomic E-state index is 0.407. The van der Waals surface area contributed by atoms with Crippen LogP contribution in [0.2, 0.25) is 10.0 Å². The maximum atomic E-state index is 8.92. The third-order valence-electron chi connectivity index (χ3n) is 2.96. The van der Waals surface area contributed by atoms with Crippen molar-refractivity contribution in [1.82, 2.24) is 0 Å². The van der Waals surface area contributed by atoms with Gasteiger partial charge in [-0.1, -0.05) is 29.3 Å². The zero-order valence-electron chi connectivity index (χ0n) is 11.2. The van der Waals surface area contributed by atoms with Gasteiger partial charge < -0.3 is 4.74 Å². The number of benzene rings is 2. The Bertz CT molecular complexity index is 666. The molecule has 0 aliphatic rings. The van der Waals surface area contributed by atoms with Gasteiger partial charge in [-0.25, -0.2) is 0 Å². The summed E-state index contributed by atoms with van der Waals surface area (Å²) in [6.07, 6.45) is 0. The molecule has 0 spiro atoms. The van der Waals surface area contributed by atoms with Crippen LogP contribution in [0.3, 0.4) is 0 Å². The molecule has 0 aliphatic heterocycles. The Balaban J connectivity index is 2.19. The van der Waals surface area contributed by atoms with Gasteiger partial charge in [0, 0.05) is 0 Å². The van der Waals surface area contributed by atoms with Crippen LogP contribution in [0, 0.1) is 25.2 Å². The van der Waals surface area contributed by atoms with Crippen LogP contribution >= 0.6 is 23.2 Å². The Morgan fingerprint density at radius 3 is 2.25 bits per heavy atom. The first kappa shape index (κ1) is 14.7. The molecule has 0 radical (unpaired) electrons. The van der Waals surface area contributed by atoms with Crippen LogP contribution in [0.4, 0.5) is 0 Å². The molecule has 0 unspecified atom stereocenters. The molecule has 0 atom stereocenters. The summed E-state index contributed by atoms with van der Waals surface area (Å²) >= 11 is 11.9. The van der Waals surface area contributed by atoms with E-state index in [4.69, 9.17) is 33.2 Å². The topological polar surface area (TPSA) is 33.0 Å². The molecule has 2 nitrogen and oxygen atoms in total. The van der Waals surface area contributed by atoms with Gasteiger partial charge in [0.1, 0.15) is 12.4 Å². The molecule has 0 heterocycles. The van der Waals surface area contributed by atoms with Crippen molar-refractivity contribution >= 4 is 23.2 Å². The van der Waals surface area contributed by atoms with Crippen molar-refractivity contribution in [2.24, 2.45) is 0 Å². The first-order valence-electron chi connectivity index (χ1n) is 6.09. The molecule has 0 aliphatic carbocycles. The second-order valence-corrected chi connectivity index (χ2v) is 5.40.